The minimum absolute atomic E-state index is 0. The standard InChI is InChI=1S/C63H70Cl4N2O14.H3N/c1-62-17-15-32(22-52(70)68-19-7-9-39(33-23-42(58(72)73)54(80-3)48(64)27-33)34-24-43(59(74)75)55(81-4)49(65)28-34)21-37(62)11-13-41-46-14-12-38(63(46,2)18-16-47(41)62)31-53(71)69-20-8-10-40(35-25-44(60(76)77)56(82-5)50(66)29-35)36-26-45(61(78)79)57(83-6)51(67)30-36;/h9-10,23-30,32,37-38,41,46-47H,7-8,11-22,31H2,1-6H3,(H,68,70)(H,69,71)(H,72,73)(H,74,75)(H,76,77)(H,78,79);1H3/t32-,37-,38+,41-,46-,47-,62-,63+;/m0./s1. The van der Waals surface area contributed by atoms with Crippen LogP contribution in [0.4, 0.5) is 0 Å². The van der Waals surface area contributed by atoms with Crippen LogP contribution in [-0.2, 0) is 9.59 Å². The number of methoxy groups -OCH3 is 4. The number of hydrogen-bond donors (Lipinski definition) is 7. The Morgan fingerprint density at radius 2 is 0.881 bits per heavy atom. The molecule has 0 unspecified atom stereocenters. The van der Waals surface area contributed by atoms with E-state index in [-0.39, 0.29) is 119 Å². The molecule has 0 radical (unpaired) electrons. The third-order valence-electron chi connectivity index (χ3n) is 18.7. The first-order valence-electron chi connectivity index (χ1n) is 27.9. The zero-order valence-corrected chi connectivity index (χ0v) is 51.0. The molecule has 4 fully saturated rings. The largest absolute Gasteiger partial charge is 0.494 e. The molecule has 8 atom stereocenters. The average Bonchev–Trinajstić information content (AvgIpc) is 1.67. The molecule has 0 aromatic heterocycles. The topological polar surface area (TPSA) is 279 Å². The molecule has 4 aliphatic carbocycles. The smallest absolute Gasteiger partial charge is 0.339 e. The maximum absolute atomic E-state index is 13.8. The van der Waals surface area contributed by atoms with Crippen molar-refractivity contribution in [2.24, 2.45) is 46.3 Å². The number of aromatic carboxylic acids is 4. The number of ether oxygens (including phenoxy) is 4. The molecule has 4 aromatic rings. The molecule has 84 heavy (non-hydrogen) atoms. The van der Waals surface area contributed by atoms with E-state index in [1.165, 1.54) is 64.8 Å². The monoisotopic (exact) mass is 1240 g/mol. The molecular weight excluding hydrogens is 1160 g/mol. The summed E-state index contributed by atoms with van der Waals surface area (Å²) in [6.45, 7) is 5.43. The van der Waals surface area contributed by atoms with E-state index < -0.39 is 23.9 Å². The number of carboxylic acids is 4. The first kappa shape index (κ1) is 65.1. The minimum atomic E-state index is -1.27. The highest BCUT2D eigenvalue weighted by molar-refractivity contribution is 6.34. The van der Waals surface area contributed by atoms with Crippen molar-refractivity contribution in [3.05, 3.63) is 125 Å². The highest BCUT2D eigenvalue weighted by atomic mass is 35.5. The van der Waals surface area contributed by atoms with Crippen molar-refractivity contribution in [2.75, 3.05) is 41.5 Å². The minimum Gasteiger partial charge on any atom is -0.494 e. The third-order valence-corrected chi connectivity index (χ3v) is 19.8. The summed E-state index contributed by atoms with van der Waals surface area (Å²) in [5.74, 6) is -2.63. The highest BCUT2D eigenvalue weighted by Gasteiger charge is 2.60. The molecule has 21 heteroatoms. The Hall–Kier alpha value is -6.50. The van der Waals surface area contributed by atoms with Crippen LogP contribution in [0.5, 0.6) is 23.0 Å². The van der Waals surface area contributed by atoms with E-state index in [9.17, 15) is 49.2 Å². The Morgan fingerprint density at radius 1 is 0.512 bits per heavy atom. The van der Waals surface area contributed by atoms with Crippen LogP contribution in [0.3, 0.4) is 0 Å². The summed E-state index contributed by atoms with van der Waals surface area (Å²) in [6.07, 6.45) is 14.5. The molecule has 4 saturated carbocycles. The lowest BCUT2D eigenvalue weighted by atomic mass is 9.44. The van der Waals surface area contributed by atoms with E-state index in [4.69, 9.17) is 65.4 Å². The quantitative estimate of drug-likeness (QED) is 0.0360. The predicted octanol–water partition coefficient (Wildman–Crippen LogP) is 13.9. The SMILES string of the molecule is COc1c(Cl)cc(C(=CCCNC(=O)C[C@H]2CC[C@@]3(C)[C@@H](CC[C@@H]4[C@@H]3CC[C@]3(C)[C@@H](CC(=O)NCCC=C(c5cc(Cl)c(OC)c(C(=O)O)c5)c5cc(Cl)c(OC)c(C(=O)O)c5)CC[C@@H]43)C2)c2cc(Cl)c(OC)c(C(=O)O)c2)cc1C(=O)O.N. The molecule has 0 spiro atoms. The number of benzene rings is 4. The molecular formula is C63H73Cl4N3O14. The van der Waals surface area contributed by atoms with Gasteiger partial charge in [0.05, 0.1) is 48.5 Å². The molecule has 4 aliphatic rings. The predicted molar refractivity (Wildman–Crippen MR) is 322 cm³/mol. The van der Waals surface area contributed by atoms with E-state index >= 15 is 0 Å². The Bertz CT molecular complexity index is 3150. The number of carboxylic acid groups (broad SMARTS) is 4. The summed E-state index contributed by atoms with van der Waals surface area (Å²) in [6, 6.07) is 11.8. The van der Waals surface area contributed by atoms with Crippen LogP contribution in [0.15, 0.2) is 60.7 Å². The van der Waals surface area contributed by atoms with E-state index in [1.54, 1.807) is 24.3 Å². The fraction of sp³-hybridized carbons (Fsp3) is 0.460. The number of rotatable bonds is 22. The van der Waals surface area contributed by atoms with Crippen molar-refractivity contribution >= 4 is 93.2 Å². The van der Waals surface area contributed by atoms with E-state index in [1.807, 2.05) is 0 Å². The first-order chi connectivity index (χ1) is 39.5. The average molecular weight is 1240 g/mol. The van der Waals surface area contributed by atoms with Crippen molar-refractivity contribution < 1.29 is 68.1 Å². The molecule has 2 amide bonds. The number of amides is 2. The van der Waals surface area contributed by atoms with Gasteiger partial charge in [0.15, 0.2) is 23.0 Å². The molecule has 17 nitrogen and oxygen atoms in total. The maximum atomic E-state index is 13.8. The van der Waals surface area contributed by atoms with Gasteiger partial charge in [0.1, 0.15) is 22.3 Å². The van der Waals surface area contributed by atoms with Gasteiger partial charge < -0.3 is 56.2 Å². The lowest BCUT2D eigenvalue weighted by Crippen LogP contribution is -2.53. The van der Waals surface area contributed by atoms with Gasteiger partial charge in [-0.15, -0.1) is 0 Å². The molecule has 0 bridgehead atoms. The zero-order valence-electron chi connectivity index (χ0n) is 47.9. The van der Waals surface area contributed by atoms with Crippen molar-refractivity contribution in [2.45, 2.75) is 97.3 Å². The van der Waals surface area contributed by atoms with Gasteiger partial charge in [0.25, 0.3) is 0 Å². The molecule has 9 N–H and O–H groups in total. The van der Waals surface area contributed by atoms with Gasteiger partial charge in [0.2, 0.25) is 11.8 Å². The van der Waals surface area contributed by atoms with Gasteiger partial charge in [-0.25, -0.2) is 19.2 Å². The number of carbonyl (C=O) groups is 6. The van der Waals surface area contributed by atoms with Crippen LogP contribution in [0.25, 0.3) is 11.1 Å². The second-order valence-electron chi connectivity index (χ2n) is 22.9. The zero-order chi connectivity index (χ0) is 60.2. The molecule has 4 aromatic carbocycles. The van der Waals surface area contributed by atoms with Crippen molar-refractivity contribution in [3.63, 3.8) is 0 Å². The molecule has 8 rings (SSSR count). The molecule has 0 heterocycles. The van der Waals surface area contributed by atoms with Crippen molar-refractivity contribution in [1.29, 1.82) is 0 Å². The highest BCUT2D eigenvalue weighted by Crippen LogP contribution is 2.68. The summed E-state index contributed by atoms with van der Waals surface area (Å²) in [5.41, 5.74) is 1.86. The Kier molecular flexibility index (Phi) is 21.1. The van der Waals surface area contributed by atoms with E-state index in [2.05, 4.69) is 24.5 Å². The van der Waals surface area contributed by atoms with Crippen LogP contribution < -0.4 is 35.7 Å². The summed E-state index contributed by atoms with van der Waals surface area (Å²) in [7, 11) is 5.27. The Labute approximate surface area is 508 Å². The summed E-state index contributed by atoms with van der Waals surface area (Å²) < 4.78 is 21.1. The van der Waals surface area contributed by atoms with Gasteiger partial charge in [-0.3, -0.25) is 9.59 Å². The maximum Gasteiger partial charge on any atom is 0.339 e. The summed E-state index contributed by atoms with van der Waals surface area (Å²) in [5, 5.41) is 46.5. The molecule has 452 valence electrons. The Morgan fingerprint density at radius 3 is 1.26 bits per heavy atom. The van der Waals surface area contributed by atoms with Gasteiger partial charge in [-0.2, -0.15) is 0 Å². The Balaban J connectivity index is 0.0000101. The van der Waals surface area contributed by atoms with Crippen LogP contribution >= 0.6 is 46.4 Å². The normalized spacial score (nSPS) is 23.0. The summed E-state index contributed by atoms with van der Waals surface area (Å²) in [4.78, 5) is 76.6. The first-order valence-corrected chi connectivity index (χ1v) is 29.4. The second-order valence-corrected chi connectivity index (χ2v) is 24.5. The summed E-state index contributed by atoms with van der Waals surface area (Å²) >= 11 is 26.1. The second kappa shape index (κ2) is 27.3. The fourth-order valence-electron chi connectivity index (χ4n) is 14.7. The number of halogens is 4. The number of nitrogens with one attached hydrogen (secondary N) is 2. The number of carbonyl (C=O) groups excluding carboxylic acids is 2. The van der Waals surface area contributed by atoms with Crippen LogP contribution in [0.2, 0.25) is 20.1 Å². The lowest BCUT2D eigenvalue weighted by molar-refractivity contribution is -0.131. The van der Waals surface area contributed by atoms with Crippen LogP contribution in [0.1, 0.15) is 161 Å². The van der Waals surface area contributed by atoms with Gasteiger partial charge >= 0.3 is 23.9 Å². The van der Waals surface area contributed by atoms with Crippen LogP contribution in [0, 0.1) is 46.3 Å². The van der Waals surface area contributed by atoms with Gasteiger partial charge in [-0.05, 0) is 199 Å². The molecule has 0 saturated heterocycles. The van der Waals surface area contributed by atoms with Crippen molar-refractivity contribution in [3.8, 4) is 23.0 Å². The van der Waals surface area contributed by atoms with E-state index in [0.717, 1.165) is 57.8 Å². The van der Waals surface area contributed by atoms with Crippen LogP contribution in [-0.4, -0.2) is 97.6 Å². The lowest BCUT2D eigenvalue weighted by Gasteiger charge is -2.61. The number of fused-ring (bicyclic) bond motifs is 5. The van der Waals surface area contributed by atoms with Gasteiger partial charge in [-0.1, -0.05) is 72.4 Å². The third kappa shape index (κ3) is 13.3. The fourth-order valence-corrected chi connectivity index (χ4v) is 15.9. The number of hydrogen-bond acceptors (Lipinski definition) is 11. The molecule has 0 aliphatic heterocycles. The van der Waals surface area contributed by atoms with E-state index in [0.29, 0.717) is 82.8 Å². The van der Waals surface area contributed by atoms with Gasteiger partial charge in [0, 0.05) is 25.9 Å². The van der Waals surface area contributed by atoms with Crippen molar-refractivity contribution in [1.82, 2.24) is 16.8 Å².